The first kappa shape index (κ1) is 24.0. The van der Waals surface area contributed by atoms with Gasteiger partial charge in [-0.25, -0.2) is 4.79 Å². The van der Waals surface area contributed by atoms with Gasteiger partial charge in [-0.05, 0) is 36.3 Å². The van der Waals surface area contributed by atoms with Crippen LogP contribution in [0.15, 0.2) is 30.3 Å². The van der Waals surface area contributed by atoms with Crippen LogP contribution in [0.1, 0.15) is 25.8 Å². The molecule has 8 heteroatoms. The van der Waals surface area contributed by atoms with E-state index in [1.165, 1.54) is 16.7 Å². The van der Waals surface area contributed by atoms with E-state index >= 15 is 0 Å². The average Bonchev–Trinajstić information content (AvgIpc) is 2.67. The van der Waals surface area contributed by atoms with Gasteiger partial charge in [-0.3, -0.25) is 9.59 Å². The van der Waals surface area contributed by atoms with E-state index in [-0.39, 0.29) is 18.4 Å². The summed E-state index contributed by atoms with van der Waals surface area (Å²) in [6.45, 7) is 3.82. The largest absolute Gasteiger partial charge is 0.480 e. The molecule has 0 radical (unpaired) electrons. The number of rotatable bonds is 12. The molecule has 28 heavy (non-hydrogen) atoms. The van der Waals surface area contributed by atoms with Crippen molar-refractivity contribution in [3.63, 3.8) is 0 Å². The molecule has 0 heterocycles. The van der Waals surface area contributed by atoms with E-state index in [2.05, 4.69) is 5.32 Å². The van der Waals surface area contributed by atoms with Crippen LogP contribution in [-0.4, -0.2) is 65.0 Å². The maximum absolute atomic E-state index is 12.7. The van der Waals surface area contributed by atoms with Crippen LogP contribution in [0.5, 0.6) is 0 Å². The Bertz CT molecular complexity index is 640. The zero-order chi connectivity index (χ0) is 21.1. The standard InChI is InChI=1S/C20H31N3O4S/c1-14(2)18(21)19(25)23(11-9-15-7-5-4-6-8-15)13-17(24)22-16(20(26)27)10-12-28-3/h4-8,14,16,18H,9-13,21H2,1-3H3,(H,22,24)(H,26,27). The molecule has 0 aliphatic heterocycles. The highest BCUT2D eigenvalue weighted by Gasteiger charge is 2.27. The molecule has 0 fully saturated rings. The molecule has 0 aliphatic carbocycles. The fourth-order valence-electron chi connectivity index (χ4n) is 2.58. The molecule has 0 spiro atoms. The second-order valence-electron chi connectivity index (χ2n) is 7.01. The monoisotopic (exact) mass is 409 g/mol. The molecule has 0 aliphatic rings. The van der Waals surface area contributed by atoms with Crippen molar-refractivity contribution in [2.24, 2.45) is 11.7 Å². The maximum Gasteiger partial charge on any atom is 0.326 e. The van der Waals surface area contributed by atoms with Gasteiger partial charge < -0.3 is 21.1 Å². The second-order valence-corrected chi connectivity index (χ2v) is 7.99. The van der Waals surface area contributed by atoms with Gasteiger partial charge in [-0.15, -0.1) is 0 Å². The Morgan fingerprint density at radius 2 is 1.86 bits per heavy atom. The molecule has 0 saturated carbocycles. The lowest BCUT2D eigenvalue weighted by atomic mass is 10.0. The average molecular weight is 410 g/mol. The van der Waals surface area contributed by atoms with Gasteiger partial charge in [0.25, 0.3) is 0 Å². The highest BCUT2D eigenvalue weighted by atomic mass is 32.2. The highest BCUT2D eigenvalue weighted by Crippen LogP contribution is 2.07. The Hall–Kier alpha value is -2.06. The lowest BCUT2D eigenvalue weighted by Crippen LogP contribution is -2.52. The first-order valence-electron chi connectivity index (χ1n) is 9.35. The van der Waals surface area contributed by atoms with Gasteiger partial charge in [0, 0.05) is 6.54 Å². The van der Waals surface area contributed by atoms with Crippen molar-refractivity contribution < 1.29 is 19.5 Å². The van der Waals surface area contributed by atoms with E-state index in [1.807, 2.05) is 50.4 Å². The number of carbonyl (C=O) groups is 3. The number of benzene rings is 1. The van der Waals surface area contributed by atoms with Crippen molar-refractivity contribution in [2.45, 2.75) is 38.8 Å². The highest BCUT2D eigenvalue weighted by molar-refractivity contribution is 7.98. The zero-order valence-electron chi connectivity index (χ0n) is 16.8. The summed E-state index contributed by atoms with van der Waals surface area (Å²) in [7, 11) is 0. The predicted octanol–water partition coefficient (Wildman–Crippen LogP) is 1.36. The molecule has 2 amide bonds. The van der Waals surface area contributed by atoms with Crippen molar-refractivity contribution in [2.75, 3.05) is 25.1 Å². The van der Waals surface area contributed by atoms with Gasteiger partial charge >= 0.3 is 5.97 Å². The number of aliphatic carboxylic acids is 1. The first-order chi connectivity index (χ1) is 13.3. The lowest BCUT2D eigenvalue weighted by molar-refractivity contribution is -0.143. The minimum absolute atomic E-state index is 0.0665. The molecule has 4 N–H and O–H groups in total. The van der Waals surface area contributed by atoms with Crippen LogP contribution in [-0.2, 0) is 20.8 Å². The predicted molar refractivity (Wildman–Crippen MR) is 112 cm³/mol. The molecule has 1 aromatic rings. The van der Waals surface area contributed by atoms with E-state index < -0.39 is 24.0 Å². The third-order valence-corrected chi connectivity index (χ3v) is 5.05. The Balaban J connectivity index is 2.80. The van der Waals surface area contributed by atoms with Crippen molar-refractivity contribution >= 4 is 29.5 Å². The first-order valence-corrected chi connectivity index (χ1v) is 10.7. The molecule has 1 aromatic carbocycles. The van der Waals surface area contributed by atoms with Crippen molar-refractivity contribution in [3.05, 3.63) is 35.9 Å². The minimum Gasteiger partial charge on any atom is -0.480 e. The van der Waals surface area contributed by atoms with Gasteiger partial charge in [0.15, 0.2) is 0 Å². The molecular weight excluding hydrogens is 378 g/mol. The molecule has 0 saturated heterocycles. The molecule has 2 unspecified atom stereocenters. The summed E-state index contributed by atoms with van der Waals surface area (Å²) in [4.78, 5) is 37.9. The van der Waals surface area contributed by atoms with E-state index in [9.17, 15) is 19.5 Å². The van der Waals surface area contributed by atoms with E-state index in [4.69, 9.17) is 5.73 Å². The quantitative estimate of drug-likeness (QED) is 0.480. The fourth-order valence-corrected chi connectivity index (χ4v) is 3.05. The summed E-state index contributed by atoms with van der Waals surface area (Å²) in [5.74, 6) is -1.33. The normalized spacial score (nSPS) is 13.0. The van der Waals surface area contributed by atoms with Gasteiger partial charge in [0.05, 0.1) is 12.6 Å². The summed E-state index contributed by atoms with van der Waals surface area (Å²) in [6, 6.07) is 7.96. The van der Waals surface area contributed by atoms with Gasteiger partial charge in [-0.2, -0.15) is 11.8 Å². The number of hydrogen-bond donors (Lipinski definition) is 3. The third kappa shape index (κ3) is 8.31. The molecule has 2 atom stereocenters. The second kappa shape index (κ2) is 12.4. The number of carboxylic acids is 1. The summed E-state index contributed by atoms with van der Waals surface area (Å²) in [5, 5.41) is 11.8. The van der Waals surface area contributed by atoms with Crippen molar-refractivity contribution in [3.8, 4) is 0 Å². The lowest BCUT2D eigenvalue weighted by Gasteiger charge is -2.27. The molecule has 0 aromatic heterocycles. The van der Waals surface area contributed by atoms with Crippen molar-refractivity contribution in [1.29, 1.82) is 0 Å². The molecule has 7 nitrogen and oxygen atoms in total. The zero-order valence-corrected chi connectivity index (χ0v) is 17.6. The number of carbonyl (C=O) groups excluding carboxylic acids is 2. The van der Waals surface area contributed by atoms with Crippen LogP contribution in [0.4, 0.5) is 0 Å². The van der Waals surface area contributed by atoms with Crippen LogP contribution in [0.3, 0.4) is 0 Å². The minimum atomic E-state index is -1.08. The third-order valence-electron chi connectivity index (χ3n) is 4.41. The van der Waals surface area contributed by atoms with Crippen LogP contribution in [0.2, 0.25) is 0 Å². The SMILES string of the molecule is CSCCC(NC(=O)CN(CCc1ccccc1)C(=O)C(N)C(C)C)C(=O)O. The van der Waals surface area contributed by atoms with Crippen LogP contribution in [0, 0.1) is 5.92 Å². The smallest absolute Gasteiger partial charge is 0.326 e. The van der Waals surface area contributed by atoms with Crippen LogP contribution in [0.25, 0.3) is 0 Å². The number of thioether (sulfide) groups is 1. The Kier molecular flexibility index (Phi) is 10.6. The number of carboxylic acid groups (broad SMARTS) is 1. The maximum atomic E-state index is 12.7. The number of amides is 2. The van der Waals surface area contributed by atoms with E-state index in [0.29, 0.717) is 25.1 Å². The van der Waals surface area contributed by atoms with Crippen LogP contribution >= 0.6 is 11.8 Å². The molecular formula is C20H31N3O4S. The van der Waals surface area contributed by atoms with Gasteiger partial charge in [0.1, 0.15) is 6.04 Å². The molecule has 156 valence electrons. The molecule has 1 rings (SSSR count). The summed E-state index contributed by atoms with van der Waals surface area (Å²) in [5.41, 5.74) is 7.04. The number of nitrogens with two attached hydrogens (primary N) is 1. The van der Waals surface area contributed by atoms with E-state index in [1.54, 1.807) is 0 Å². The number of nitrogens with one attached hydrogen (secondary N) is 1. The van der Waals surface area contributed by atoms with Gasteiger partial charge in [0.2, 0.25) is 11.8 Å². The van der Waals surface area contributed by atoms with Gasteiger partial charge in [-0.1, -0.05) is 44.2 Å². The number of nitrogens with zero attached hydrogens (tertiary/aromatic N) is 1. The summed E-state index contributed by atoms with van der Waals surface area (Å²) in [6.07, 6.45) is 2.78. The summed E-state index contributed by atoms with van der Waals surface area (Å²) < 4.78 is 0. The Morgan fingerprint density at radius 3 is 2.39 bits per heavy atom. The topological polar surface area (TPSA) is 113 Å². The van der Waals surface area contributed by atoms with Crippen molar-refractivity contribution in [1.82, 2.24) is 10.2 Å². The summed E-state index contributed by atoms with van der Waals surface area (Å²) >= 11 is 1.51. The van der Waals surface area contributed by atoms with E-state index in [0.717, 1.165) is 5.56 Å². The Morgan fingerprint density at radius 1 is 1.21 bits per heavy atom. The number of hydrogen-bond acceptors (Lipinski definition) is 5. The molecule has 0 bridgehead atoms. The van der Waals surface area contributed by atoms with Crippen LogP contribution < -0.4 is 11.1 Å². The fraction of sp³-hybridized carbons (Fsp3) is 0.550. The Labute approximate surface area is 171 Å².